The fraction of sp³-hybridized carbons (Fsp3) is 0.500. The predicted octanol–water partition coefficient (Wildman–Crippen LogP) is 1.77. The maximum Gasteiger partial charge on any atom is 0.256 e. The molecule has 1 saturated carbocycles. The number of aliphatic hydroxyl groups is 1. The summed E-state index contributed by atoms with van der Waals surface area (Å²) in [5.74, 6) is 0.574. The molecule has 0 radical (unpaired) electrons. The fourth-order valence-electron chi connectivity index (χ4n) is 3.30. The lowest BCUT2D eigenvalue weighted by molar-refractivity contribution is 0.0753. The lowest BCUT2D eigenvalue weighted by Crippen LogP contribution is -2.31. The molecule has 1 amide bonds. The Labute approximate surface area is 117 Å². The summed E-state index contributed by atoms with van der Waals surface area (Å²) in [6, 6.07) is 5.11. The largest absolute Gasteiger partial charge is 0.397 e. The molecule has 1 aromatic carbocycles. The maximum absolute atomic E-state index is 12.5. The third-order valence-electron chi connectivity index (χ3n) is 4.39. The topological polar surface area (TPSA) is 66.6 Å². The number of nitrogens with zero attached hydrogens (tertiary/aromatic N) is 1. The van der Waals surface area contributed by atoms with Crippen LogP contribution in [-0.2, 0) is 0 Å². The van der Waals surface area contributed by atoms with E-state index in [0.717, 1.165) is 12.8 Å². The van der Waals surface area contributed by atoms with Crippen LogP contribution in [0.1, 0.15) is 23.2 Å². The zero-order valence-corrected chi connectivity index (χ0v) is 11.3. The van der Waals surface area contributed by atoms with E-state index >= 15 is 0 Å². The highest BCUT2D eigenvalue weighted by Gasteiger charge is 2.43. The standard InChI is InChI=1S/C14H17ClN2O2/c15-11-3-1-2-9(13(11)16)14(19)17-6-8-4-5-12(18)10(8)7-17/h1-3,8,10,12,18H,4-7,16H2. The lowest BCUT2D eigenvalue weighted by Gasteiger charge is -2.19. The summed E-state index contributed by atoms with van der Waals surface area (Å²) in [6.07, 6.45) is 1.59. The monoisotopic (exact) mass is 280 g/mol. The molecule has 2 fully saturated rings. The molecule has 19 heavy (non-hydrogen) atoms. The molecular weight excluding hydrogens is 264 g/mol. The molecule has 0 bridgehead atoms. The number of amides is 1. The van der Waals surface area contributed by atoms with Crippen LogP contribution in [0.3, 0.4) is 0 Å². The minimum absolute atomic E-state index is 0.0819. The first-order chi connectivity index (χ1) is 9.08. The second-order valence-electron chi connectivity index (χ2n) is 5.48. The van der Waals surface area contributed by atoms with Crippen LogP contribution in [0.15, 0.2) is 18.2 Å². The number of carbonyl (C=O) groups excluding carboxylic acids is 1. The molecule has 102 valence electrons. The van der Waals surface area contributed by atoms with Crippen LogP contribution in [0.25, 0.3) is 0 Å². The van der Waals surface area contributed by atoms with Gasteiger partial charge in [0.25, 0.3) is 5.91 Å². The van der Waals surface area contributed by atoms with Crippen LogP contribution in [0, 0.1) is 11.8 Å². The number of halogens is 1. The average molecular weight is 281 g/mol. The molecule has 3 N–H and O–H groups in total. The predicted molar refractivity (Wildman–Crippen MR) is 74.0 cm³/mol. The number of fused-ring (bicyclic) bond motifs is 1. The van der Waals surface area contributed by atoms with Gasteiger partial charge in [-0.1, -0.05) is 17.7 Å². The molecule has 4 nitrogen and oxygen atoms in total. The van der Waals surface area contributed by atoms with Crippen molar-refractivity contribution in [2.24, 2.45) is 11.8 Å². The summed E-state index contributed by atoms with van der Waals surface area (Å²) in [5.41, 5.74) is 6.67. The zero-order chi connectivity index (χ0) is 13.6. The minimum atomic E-state index is -0.264. The van der Waals surface area contributed by atoms with Crippen molar-refractivity contribution >= 4 is 23.2 Å². The first kappa shape index (κ1) is 12.8. The van der Waals surface area contributed by atoms with E-state index in [4.69, 9.17) is 17.3 Å². The number of hydrogen-bond acceptors (Lipinski definition) is 3. The number of likely N-dealkylation sites (tertiary alicyclic amines) is 1. The van der Waals surface area contributed by atoms with Crippen molar-refractivity contribution in [3.05, 3.63) is 28.8 Å². The molecule has 1 aliphatic carbocycles. The van der Waals surface area contributed by atoms with E-state index in [2.05, 4.69) is 0 Å². The number of hydrogen-bond donors (Lipinski definition) is 2. The van der Waals surface area contributed by atoms with Gasteiger partial charge in [0.05, 0.1) is 22.4 Å². The van der Waals surface area contributed by atoms with Gasteiger partial charge in [-0.2, -0.15) is 0 Å². The molecule has 2 aliphatic rings. The van der Waals surface area contributed by atoms with E-state index in [1.807, 2.05) is 0 Å². The summed E-state index contributed by atoms with van der Waals surface area (Å²) in [6.45, 7) is 1.34. The van der Waals surface area contributed by atoms with Crippen molar-refractivity contribution in [1.29, 1.82) is 0 Å². The van der Waals surface area contributed by atoms with Gasteiger partial charge in [0.2, 0.25) is 0 Å². The van der Waals surface area contributed by atoms with E-state index in [9.17, 15) is 9.90 Å². The molecule has 1 heterocycles. The minimum Gasteiger partial charge on any atom is -0.397 e. The van der Waals surface area contributed by atoms with Gasteiger partial charge in [-0.05, 0) is 30.9 Å². The number of carbonyl (C=O) groups is 1. The molecule has 1 aromatic rings. The summed E-state index contributed by atoms with van der Waals surface area (Å²) >= 11 is 5.95. The van der Waals surface area contributed by atoms with E-state index in [1.54, 1.807) is 23.1 Å². The highest BCUT2D eigenvalue weighted by molar-refractivity contribution is 6.33. The first-order valence-electron chi connectivity index (χ1n) is 6.59. The SMILES string of the molecule is Nc1c(Cl)cccc1C(=O)N1CC2CCC(O)C2C1. The summed E-state index contributed by atoms with van der Waals surface area (Å²) < 4.78 is 0. The summed E-state index contributed by atoms with van der Waals surface area (Å²) in [7, 11) is 0. The molecule has 5 heteroatoms. The van der Waals surface area contributed by atoms with Gasteiger partial charge in [-0.15, -0.1) is 0 Å². The number of para-hydroxylation sites is 1. The van der Waals surface area contributed by atoms with Gasteiger partial charge in [0.15, 0.2) is 0 Å². The lowest BCUT2D eigenvalue weighted by atomic mass is 10.00. The van der Waals surface area contributed by atoms with E-state index in [1.165, 1.54) is 0 Å². The van der Waals surface area contributed by atoms with Crippen LogP contribution in [0.5, 0.6) is 0 Å². The molecule has 3 unspecified atom stereocenters. The van der Waals surface area contributed by atoms with Crippen molar-refractivity contribution in [1.82, 2.24) is 4.90 Å². The van der Waals surface area contributed by atoms with Crippen LogP contribution in [0.4, 0.5) is 5.69 Å². The Morgan fingerprint density at radius 2 is 2.16 bits per heavy atom. The fourth-order valence-corrected chi connectivity index (χ4v) is 3.47. The Morgan fingerprint density at radius 3 is 2.89 bits per heavy atom. The Kier molecular flexibility index (Phi) is 3.15. The van der Waals surface area contributed by atoms with Crippen LogP contribution < -0.4 is 5.73 Å². The molecule has 0 spiro atoms. The molecule has 1 aliphatic heterocycles. The molecule has 1 saturated heterocycles. The highest BCUT2D eigenvalue weighted by atomic mass is 35.5. The number of rotatable bonds is 1. The highest BCUT2D eigenvalue weighted by Crippen LogP contribution is 2.39. The number of nitrogens with two attached hydrogens (primary N) is 1. The molecule has 3 atom stereocenters. The average Bonchev–Trinajstić information content (AvgIpc) is 2.95. The number of anilines is 1. The van der Waals surface area contributed by atoms with Crippen molar-refractivity contribution in [2.75, 3.05) is 18.8 Å². The van der Waals surface area contributed by atoms with Gasteiger partial charge in [-0.3, -0.25) is 4.79 Å². The maximum atomic E-state index is 12.5. The van der Waals surface area contributed by atoms with E-state index in [0.29, 0.717) is 35.3 Å². The van der Waals surface area contributed by atoms with Crippen molar-refractivity contribution < 1.29 is 9.90 Å². The van der Waals surface area contributed by atoms with Crippen molar-refractivity contribution in [3.8, 4) is 0 Å². The number of aliphatic hydroxyl groups excluding tert-OH is 1. The Hall–Kier alpha value is -1.26. The zero-order valence-electron chi connectivity index (χ0n) is 10.6. The Morgan fingerprint density at radius 1 is 1.37 bits per heavy atom. The van der Waals surface area contributed by atoms with Crippen LogP contribution >= 0.6 is 11.6 Å². The van der Waals surface area contributed by atoms with Gasteiger partial charge in [0.1, 0.15) is 0 Å². The summed E-state index contributed by atoms with van der Waals surface area (Å²) in [5, 5.41) is 10.3. The van der Waals surface area contributed by atoms with E-state index < -0.39 is 0 Å². The van der Waals surface area contributed by atoms with Crippen molar-refractivity contribution in [2.45, 2.75) is 18.9 Å². The molecular formula is C14H17ClN2O2. The number of benzene rings is 1. The van der Waals surface area contributed by atoms with Crippen molar-refractivity contribution in [3.63, 3.8) is 0 Å². The second kappa shape index (κ2) is 4.69. The first-order valence-corrected chi connectivity index (χ1v) is 6.97. The van der Waals surface area contributed by atoms with Gasteiger partial charge in [0, 0.05) is 19.0 Å². The Bertz CT molecular complexity index is 520. The van der Waals surface area contributed by atoms with E-state index in [-0.39, 0.29) is 17.9 Å². The summed E-state index contributed by atoms with van der Waals surface area (Å²) in [4.78, 5) is 14.3. The van der Waals surface area contributed by atoms with Gasteiger partial charge in [-0.25, -0.2) is 0 Å². The smallest absolute Gasteiger partial charge is 0.256 e. The Balaban J connectivity index is 1.81. The van der Waals surface area contributed by atoms with Gasteiger partial charge < -0.3 is 15.7 Å². The third-order valence-corrected chi connectivity index (χ3v) is 4.72. The third kappa shape index (κ3) is 2.09. The van der Waals surface area contributed by atoms with Gasteiger partial charge >= 0.3 is 0 Å². The quantitative estimate of drug-likeness (QED) is 0.771. The normalized spacial score (nSPS) is 29.6. The van der Waals surface area contributed by atoms with Crippen LogP contribution in [-0.4, -0.2) is 35.1 Å². The number of nitrogen functional groups attached to an aromatic ring is 1. The molecule has 3 rings (SSSR count). The van der Waals surface area contributed by atoms with Crippen LogP contribution in [0.2, 0.25) is 5.02 Å². The molecule has 0 aromatic heterocycles. The second-order valence-corrected chi connectivity index (χ2v) is 5.89.